The van der Waals surface area contributed by atoms with Gasteiger partial charge in [0.25, 0.3) is 0 Å². The lowest BCUT2D eigenvalue weighted by Gasteiger charge is -2.22. The minimum atomic E-state index is 0.480. The summed E-state index contributed by atoms with van der Waals surface area (Å²) in [6.45, 7) is 5.13. The average Bonchev–Trinajstić information content (AvgIpc) is 2.52. The van der Waals surface area contributed by atoms with Crippen LogP contribution in [-0.4, -0.2) is 44.7 Å². The van der Waals surface area contributed by atoms with Crippen LogP contribution in [0.25, 0.3) is 0 Å². The van der Waals surface area contributed by atoms with Crippen LogP contribution in [0.3, 0.4) is 0 Å². The highest BCUT2D eigenvalue weighted by Crippen LogP contribution is 2.18. The second-order valence-corrected chi connectivity index (χ2v) is 3.94. The molecular weight excluding hydrogens is 162 g/mol. The first-order chi connectivity index (χ1) is 6.15. The number of nitrogens with one attached hydrogen (secondary N) is 2. The van der Waals surface area contributed by atoms with Crippen molar-refractivity contribution in [3.8, 4) is 0 Å². The molecule has 1 rings (SSSR count). The summed E-state index contributed by atoms with van der Waals surface area (Å²) in [6, 6.07) is 1.10. The molecule has 0 radical (unpaired) electrons. The third-order valence-electron chi connectivity index (χ3n) is 2.67. The van der Waals surface area contributed by atoms with E-state index in [0.29, 0.717) is 12.1 Å². The maximum Gasteiger partial charge on any atom is 0.0468 e. The second-order valence-electron chi connectivity index (χ2n) is 3.94. The molecule has 1 aliphatic heterocycles. The summed E-state index contributed by atoms with van der Waals surface area (Å²) in [4.78, 5) is 2.10. The lowest BCUT2D eigenvalue weighted by Crippen LogP contribution is -2.39. The van der Waals surface area contributed by atoms with E-state index < -0.39 is 0 Å². The van der Waals surface area contributed by atoms with Gasteiger partial charge in [0.05, 0.1) is 0 Å². The van der Waals surface area contributed by atoms with Gasteiger partial charge in [0.15, 0.2) is 0 Å². The van der Waals surface area contributed by atoms with Gasteiger partial charge in [-0.05, 0) is 19.9 Å². The molecule has 3 nitrogen and oxygen atoms in total. The molecule has 0 aromatic heterocycles. The van der Waals surface area contributed by atoms with Crippen molar-refractivity contribution < 1.29 is 0 Å². The first-order valence-corrected chi connectivity index (χ1v) is 4.92. The molecule has 0 aromatic rings. The van der Waals surface area contributed by atoms with Crippen molar-refractivity contribution in [2.75, 3.05) is 27.7 Å². The van der Waals surface area contributed by atoms with E-state index in [-0.39, 0.29) is 0 Å². The van der Waals surface area contributed by atoms with Crippen LogP contribution >= 0.6 is 0 Å². The number of likely N-dealkylation sites (N-methyl/N-ethyl adjacent to an activating group) is 2. The fourth-order valence-electron chi connectivity index (χ4n) is 1.80. The third kappa shape index (κ3) is 2.71. The predicted molar refractivity (Wildman–Crippen MR) is 56.7 cm³/mol. The molecule has 0 spiro atoms. The Morgan fingerprint density at radius 1 is 1.54 bits per heavy atom. The molecule has 0 saturated carbocycles. The Kier molecular flexibility index (Phi) is 3.75. The minimum Gasteiger partial charge on any atom is -0.380 e. The Morgan fingerprint density at radius 2 is 2.23 bits per heavy atom. The van der Waals surface area contributed by atoms with E-state index in [0.717, 1.165) is 6.54 Å². The van der Waals surface area contributed by atoms with Crippen molar-refractivity contribution >= 4 is 0 Å². The first-order valence-electron chi connectivity index (χ1n) is 4.92. The molecule has 2 N–H and O–H groups in total. The van der Waals surface area contributed by atoms with E-state index in [1.807, 2.05) is 7.05 Å². The number of rotatable bonds is 4. The van der Waals surface area contributed by atoms with Crippen LogP contribution in [-0.2, 0) is 0 Å². The van der Waals surface area contributed by atoms with Crippen LogP contribution < -0.4 is 10.6 Å². The summed E-state index contributed by atoms with van der Waals surface area (Å²) in [5.74, 6) is 0. The van der Waals surface area contributed by atoms with Crippen molar-refractivity contribution in [3.63, 3.8) is 0 Å². The molecule has 0 aliphatic carbocycles. The van der Waals surface area contributed by atoms with Gasteiger partial charge in [0.1, 0.15) is 0 Å². The van der Waals surface area contributed by atoms with Gasteiger partial charge in [0, 0.05) is 38.4 Å². The zero-order valence-electron chi connectivity index (χ0n) is 8.93. The third-order valence-corrected chi connectivity index (χ3v) is 2.67. The number of nitrogens with zero attached hydrogens (tertiary/aromatic N) is 1. The molecule has 13 heavy (non-hydrogen) atoms. The Hall–Kier alpha value is -0.540. The number of hydrogen-bond acceptors (Lipinski definition) is 3. The van der Waals surface area contributed by atoms with Crippen molar-refractivity contribution in [1.82, 2.24) is 15.5 Å². The molecule has 1 aliphatic rings. The summed E-state index contributed by atoms with van der Waals surface area (Å²) >= 11 is 0. The molecule has 0 aromatic carbocycles. The molecule has 2 unspecified atom stereocenters. The molecule has 2 atom stereocenters. The van der Waals surface area contributed by atoms with Crippen molar-refractivity contribution in [2.24, 2.45) is 0 Å². The summed E-state index contributed by atoms with van der Waals surface area (Å²) in [5.41, 5.74) is 1.19. The molecule has 76 valence electrons. The highest BCUT2D eigenvalue weighted by atomic mass is 15.1. The molecule has 1 fully saturated rings. The Bertz CT molecular complexity index is 177. The Morgan fingerprint density at radius 3 is 2.77 bits per heavy atom. The molecular formula is C10H21N3. The quantitative estimate of drug-likeness (QED) is 0.661. The maximum absolute atomic E-state index is 4.07. The molecule has 0 amide bonds. The van der Waals surface area contributed by atoms with Crippen molar-refractivity contribution in [3.05, 3.63) is 12.3 Å². The standard InChI is InChI=1S/C10H21N3/c1-8(13(3)4)10-6-5-9(12-10)7-11-2/h9-12H,1,5-7H2,2-4H3. The van der Waals surface area contributed by atoms with Crippen LogP contribution in [0.1, 0.15) is 12.8 Å². The van der Waals surface area contributed by atoms with E-state index in [1.165, 1.54) is 18.5 Å². The zero-order valence-corrected chi connectivity index (χ0v) is 8.93. The van der Waals surface area contributed by atoms with Gasteiger partial charge >= 0.3 is 0 Å². The van der Waals surface area contributed by atoms with Gasteiger partial charge in [-0.25, -0.2) is 0 Å². The van der Waals surface area contributed by atoms with E-state index in [2.05, 4.69) is 36.2 Å². The fraction of sp³-hybridized carbons (Fsp3) is 0.800. The summed E-state index contributed by atoms with van der Waals surface area (Å²) in [5, 5.41) is 6.76. The summed E-state index contributed by atoms with van der Waals surface area (Å²) < 4.78 is 0. The van der Waals surface area contributed by atoms with Crippen LogP contribution in [0.5, 0.6) is 0 Å². The van der Waals surface area contributed by atoms with E-state index >= 15 is 0 Å². The Balaban J connectivity index is 2.36. The summed E-state index contributed by atoms with van der Waals surface area (Å²) in [7, 11) is 6.10. The molecule has 0 bridgehead atoms. The van der Waals surface area contributed by atoms with Gasteiger partial charge < -0.3 is 15.5 Å². The SMILES string of the molecule is C=C(C1CCC(CNC)N1)N(C)C. The van der Waals surface area contributed by atoms with Gasteiger partial charge in [-0.15, -0.1) is 0 Å². The van der Waals surface area contributed by atoms with E-state index in [9.17, 15) is 0 Å². The first kappa shape index (κ1) is 10.5. The van der Waals surface area contributed by atoms with E-state index in [1.54, 1.807) is 0 Å². The topological polar surface area (TPSA) is 27.3 Å². The normalized spacial score (nSPS) is 27.6. The highest BCUT2D eigenvalue weighted by Gasteiger charge is 2.25. The fourth-order valence-corrected chi connectivity index (χ4v) is 1.80. The molecule has 3 heteroatoms. The molecule has 1 saturated heterocycles. The zero-order chi connectivity index (χ0) is 9.84. The monoisotopic (exact) mass is 183 g/mol. The van der Waals surface area contributed by atoms with E-state index in [4.69, 9.17) is 0 Å². The second kappa shape index (κ2) is 4.63. The summed E-state index contributed by atoms with van der Waals surface area (Å²) in [6.07, 6.45) is 2.46. The van der Waals surface area contributed by atoms with Crippen molar-refractivity contribution in [2.45, 2.75) is 24.9 Å². The molecule has 1 heterocycles. The van der Waals surface area contributed by atoms with Crippen LogP contribution in [0.2, 0.25) is 0 Å². The predicted octanol–water partition coefficient (Wildman–Crippen LogP) is 0.402. The van der Waals surface area contributed by atoms with Crippen molar-refractivity contribution in [1.29, 1.82) is 0 Å². The lowest BCUT2D eigenvalue weighted by molar-refractivity contribution is 0.435. The van der Waals surface area contributed by atoms with Crippen LogP contribution in [0.4, 0.5) is 0 Å². The number of hydrogen-bond donors (Lipinski definition) is 2. The highest BCUT2D eigenvalue weighted by molar-refractivity contribution is 5.07. The smallest absolute Gasteiger partial charge is 0.0468 e. The Labute approximate surface area is 81.2 Å². The largest absolute Gasteiger partial charge is 0.380 e. The van der Waals surface area contributed by atoms with Gasteiger partial charge in [-0.3, -0.25) is 0 Å². The van der Waals surface area contributed by atoms with Crippen LogP contribution in [0, 0.1) is 0 Å². The lowest BCUT2D eigenvalue weighted by atomic mass is 10.1. The van der Waals surface area contributed by atoms with Gasteiger partial charge in [-0.2, -0.15) is 0 Å². The maximum atomic E-state index is 4.07. The van der Waals surface area contributed by atoms with Gasteiger partial charge in [0.2, 0.25) is 0 Å². The van der Waals surface area contributed by atoms with Crippen LogP contribution in [0.15, 0.2) is 12.3 Å². The minimum absolute atomic E-state index is 0.480. The van der Waals surface area contributed by atoms with Gasteiger partial charge in [-0.1, -0.05) is 6.58 Å². The average molecular weight is 183 g/mol.